The van der Waals surface area contributed by atoms with Gasteiger partial charge in [-0.25, -0.2) is 17.2 Å². The van der Waals surface area contributed by atoms with Crippen LogP contribution in [-0.2, 0) is 28.3 Å². The fourth-order valence-corrected chi connectivity index (χ4v) is 4.83. The highest BCUT2D eigenvalue weighted by molar-refractivity contribution is 7.89. The summed E-state index contributed by atoms with van der Waals surface area (Å²) in [6, 6.07) is 2.34. The first-order chi connectivity index (χ1) is 13.1. The molecule has 28 heavy (non-hydrogen) atoms. The maximum Gasteiger partial charge on any atom is 0.246 e. The zero-order chi connectivity index (χ0) is 20.6. The van der Waals surface area contributed by atoms with Gasteiger partial charge < -0.3 is 4.90 Å². The molecule has 2 aromatic rings. The number of rotatable bonds is 4. The molecular formula is C18H22F2N4O3S. The van der Waals surface area contributed by atoms with Gasteiger partial charge in [-0.2, -0.15) is 9.40 Å². The maximum absolute atomic E-state index is 13.9. The van der Waals surface area contributed by atoms with Gasteiger partial charge in [-0.05, 0) is 32.0 Å². The summed E-state index contributed by atoms with van der Waals surface area (Å²) < 4.78 is 55.3. The number of amides is 1. The van der Waals surface area contributed by atoms with E-state index in [9.17, 15) is 22.0 Å². The Balaban J connectivity index is 1.68. The summed E-state index contributed by atoms with van der Waals surface area (Å²) in [4.78, 5) is 13.5. The van der Waals surface area contributed by atoms with Crippen molar-refractivity contribution in [2.24, 2.45) is 7.05 Å². The lowest BCUT2D eigenvalue weighted by Gasteiger charge is -2.34. The summed E-state index contributed by atoms with van der Waals surface area (Å²) in [6.45, 7) is 4.15. The molecule has 1 aliphatic rings. The molecule has 1 saturated heterocycles. The van der Waals surface area contributed by atoms with Gasteiger partial charge in [0.05, 0.1) is 12.1 Å². The monoisotopic (exact) mass is 412 g/mol. The van der Waals surface area contributed by atoms with Crippen molar-refractivity contribution >= 4 is 15.9 Å². The van der Waals surface area contributed by atoms with Gasteiger partial charge in [0, 0.05) is 44.5 Å². The van der Waals surface area contributed by atoms with Crippen LogP contribution in [0.2, 0.25) is 0 Å². The molecule has 0 spiro atoms. The number of nitrogens with zero attached hydrogens (tertiary/aromatic N) is 4. The Kier molecular flexibility index (Phi) is 5.53. The predicted octanol–water partition coefficient (Wildman–Crippen LogP) is 1.39. The van der Waals surface area contributed by atoms with E-state index in [-0.39, 0.29) is 38.5 Å². The van der Waals surface area contributed by atoms with E-state index in [4.69, 9.17) is 0 Å². The van der Waals surface area contributed by atoms with Crippen LogP contribution in [0.1, 0.15) is 17.0 Å². The number of piperazine rings is 1. The molecule has 1 fully saturated rings. The lowest BCUT2D eigenvalue weighted by atomic mass is 10.1. The Hall–Kier alpha value is -2.33. The minimum absolute atomic E-state index is 0.0228. The Morgan fingerprint density at radius 3 is 2.36 bits per heavy atom. The number of hydrogen-bond acceptors (Lipinski definition) is 4. The zero-order valence-corrected chi connectivity index (χ0v) is 16.8. The molecule has 1 aromatic carbocycles. The highest BCUT2D eigenvalue weighted by Crippen LogP contribution is 2.22. The van der Waals surface area contributed by atoms with Crippen LogP contribution in [0.3, 0.4) is 0 Å². The van der Waals surface area contributed by atoms with Crippen molar-refractivity contribution in [3.8, 4) is 0 Å². The number of halogens is 2. The summed E-state index contributed by atoms with van der Waals surface area (Å²) in [5, 5.41) is 4.29. The first kappa shape index (κ1) is 20.4. The second kappa shape index (κ2) is 7.59. The van der Waals surface area contributed by atoms with Crippen LogP contribution in [0.4, 0.5) is 8.78 Å². The summed E-state index contributed by atoms with van der Waals surface area (Å²) in [5.41, 5.74) is 2.56. The molecule has 2 heterocycles. The van der Waals surface area contributed by atoms with Crippen LogP contribution in [0.5, 0.6) is 0 Å². The number of aryl methyl sites for hydroxylation is 2. The normalized spacial score (nSPS) is 15.8. The largest absolute Gasteiger partial charge is 0.340 e. The zero-order valence-electron chi connectivity index (χ0n) is 15.9. The molecule has 7 nitrogen and oxygen atoms in total. The van der Waals surface area contributed by atoms with Crippen molar-refractivity contribution in [3.63, 3.8) is 0 Å². The third-order valence-corrected chi connectivity index (χ3v) is 7.00. The van der Waals surface area contributed by atoms with Crippen molar-refractivity contribution in [1.29, 1.82) is 0 Å². The molecule has 1 aromatic heterocycles. The van der Waals surface area contributed by atoms with E-state index in [2.05, 4.69) is 5.10 Å². The summed E-state index contributed by atoms with van der Waals surface area (Å²) >= 11 is 0. The molecule has 10 heteroatoms. The molecule has 0 unspecified atom stereocenters. The van der Waals surface area contributed by atoms with E-state index < -0.39 is 26.6 Å². The van der Waals surface area contributed by atoms with Crippen LogP contribution in [0, 0.1) is 25.5 Å². The van der Waals surface area contributed by atoms with Gasteiger partial charge in [0.25, 0.3) is 0 Å². The fraction of sp³-hybridized carbons (Fsp3) is 0.444. The van der Waals surface area contributed by atoms with Gasteiger partial charge >= 0.3 is 0 Å². The summed E-state index contributed by atoms with van der Waals surface area (Å²) in [7, 11) is -2.36. The number of carbonyl (C=O) groups is 1. The molecular weight excluding hydrogens is 390 g/mol. The third kappa shape index (κ3) is 3.79. The number of sulfonamides is 1. The summed E-state index contributed by atoms with van der Waals surface area (Å²) in [6.07, 6.45) is 0.191. The van der Waals surface area contributed by atoms with Crippen LogP contribution in [0.15, 0.2) is 23.1 Å². The average molecular weight is 412 g/mol. The first-order valence-electron chi connectivity index (χ1n) is 8.83. The van der Waals surface area contributed by atoms with Gasteiger partial charge in [-0.15, -0.1) is 0 Å². The number of carbonyl (C=O) groups excluding carboxylic acids is 1. The summed E-state index contributed by atoms with van der Waals surface area (Å²) in [5.74, 6) is -1.94. The second-order valence-corrected chi connectivity index (χ2v) is 8.72. The van der Waals surface area contributed by atoms with Gasteiger partial charge in [0.2, 0.25) is 15.9 Å². The number of hydrogen-bond donors (Lipinski definition) is 0. The molecule has 0 bridgehead atoms. The second-order valence-electron chi connectivity index (χ2n) is 6.81. The highest BCUT2D eigenvalue weighted by atomic mass is 32.2. The minimum atomic E-state index is -4.17. The highest BCUT2D eigenvalue weighted by Gasteiger charge is 2.32. The maximum atomic E-state index is 13.9. The standard InChI is InChI=1S/C18H22F2N4O3S/c1-12-15(13(2)22(3)21-12)11-18(25)23-6-8-24(9-7-23)28(26,27)17-10-14(19)4-5-16(17)20/h4-5,10H,6-9,11H2,1-3H3. The van der Waals surface area contributed by atoms with Crippen LogP contribution in [-0.4, -0.2) is 59.5 Å². The Morgan fingerprint density at radius 2 is 1.79 bits per heavy atom. The third-order valence-electron chi connectivity index (χ3n) is 5.09. The minimum Gasteiger partial charge on any atom is -0.340 e. The van der Waals surface area contributed by atoms with Gasteiger partial charge in [-0.1, -0.05) is 0 Å². The fourth-order valence-electron chi connectivity index (χ4n) is 3.33. The van der Waals surface area contributed by atoms with Crippen molar-refractivity contribution in [3.05, 3.63) is 46.8 Å². The average Bonchev–Trinajstić information content (AvgIpc) is 2.89. The molecule has 0 atom stereocenters. The van der Waals surface area contributed by atoms with Gasteiger partial charge in [-0.3, -0.25) is 9.48 Å². The van der Waals surface area contributed by atoms with Crippen LogP contribution >= 0.6 is 0 Å². The van der Waals surface area contributed by atoms with Crippen molar-refractivity contribution in [1.82, 2.24) is 19.0 Å². The Morgan fingerprint density at radius 1 is 1.14 bits per heavy atom. The van der Waals surface area contributed by atoms with E-state index in [1.165, 1.54) is 0 Å². The van der Waals surface area contributed by atoms with E-state index >= 15 is 0 Å². The smallest absolute Gasteiger partial charge is 0.246 e. The Bertz CT molecular complexity index is 1010. The van der Waals surface area contributed by atoms with E-state index in [1.807, 2.05) is 20.9 Å². The topological polar surface area (TPSA) is 75.5 Å². The van der Waals surface area contributed by atoms with Crippen molar-refractivity contribution in [2.75, 3.05) is 26.2 Å². The van der Waals surface area contributed by atoms with Crippen LogP contribution < -0.4 is 0 Å². The molecule has 1 amide bonds. The molecule has 0 saturated carbocycles. The first-order valence-corrected chi connectivity index (χ1v) is 10.3. The van der Waals surface area contributed by atoms with E-state index in [1.54, 1.807) is 9.58 Å². The number of benzene rings is 1. The molecule has 3 rings (SSSR count). The molecule has 0 aliphatic carbocycles. The van der Waals surface area contributed by atoms with Crippen molar-refractivity contribution in [2.45, 2.75) is 25.2 Å². The van der Waals surface area contributed by atoms with E-state index in [0.717, 1.165) is 33.4 Å². The van der Waals surface area contributed by atoms with Gasteiger partial charge in [0.15, 0.2) is 0 Å². The van der Waals surface area contributed by atoms with Gasteiger partial charge in [0.1, 0.15) is 16.5 Å². The molecule has 152 valence electrons. The van der Waals surface area contributed by atoms with Crippen molar-refractivity contribution < 1.29 is 22.0 Å². The van der Waals surface area contributed by atoms with E-state index in [0.29, 0.717) is 6.07 Å². The predicted molar refractivity (Wildman–Crippen MR) is 98.1 cm³/mol. The number of aromatic nitrogens is 2. The Labute approximate surface area is 162 Å². The molecule has 1 aliphatic heterocycles. The lowest BCUT2D eigenvalue weighted by Crippen LogP contribution is -2.51. The lowest BCUT2D eigenvalue weighted by molar-refractivity contribution is -0.131. The molecule has 0 N–H and O–H groups in total. The molecule has 0 radical (unpaired) electrons. The SMILES string of the molecule is Cc1nn(C)c(C)c1CC(=O)N1CCN(S(=O)(=O)c2cc(F)ccc2F)CC1. The quantitative estimate of drug-likeness (QED) is 0.761. The van der Waals surface area contributed by atoms with Crippen LogP contribution in [0.25, 0.3) is 0 Å².